The molecule has 17 heavy (non-hydrogen) atoms. The van der Waals surface area contributed by atoms with Gasteiger partial charge in [0.15, 0.2) is 0 Å². The first-order valence-electron chi connectivity index (χ1n) is 5.62. The summed E-state index contributed by atoms with van der Waals surface area (Å²) in [5.41, 5.74) is 7.12. The highest BCUT2D eigenvalue weighted by molar-refractivity contribution is 7.80. The Kier molecular flexibility index (Phi) is 4.62. The number of carbonyl (C=O) groups is 1. The van der Waals surface area contributed by atoms with Gasteiger partial charge in [0.1, 0.15) is 0 Å². The lowest BCUT2D eigenvalue weighted by atomic mass is 10.1. The van der Waals surface area contributed by atoms with Crippen molar-refractivity contribution in [1.29, 1.82) is 0 Å². The van der Waals surface area contributed by atoms with Gasteiger partial charge in [-0.2, -0.15) is 5.10 Å². The van der Waals surface area contributed by atoms with E-state index in [-0.39, 0.29) is 10.9 Å². The SMILES string of the molecule is CCc1nn(C)cc1NC(=O)C(CC)C(N)=S. The van der Waals surface area contributed by atoms with E-state index in [4.69, 9.17) is 18.0 Å². The number of anilines is 1. The fourth-order valence-electron chi connectivity index (χ4n) is 1.64. The molecule has 0 spiro atoms. The molecule has 6 heteroatoms. The average molecular weight is 254 g/mol. The normalized spacial score (nSPS) is 12.2. The summed E-state index contributed by atoms with van der Waals surface area (Å²) in [4.78, 5) is 12.2. The lowest BCUT2D eigenvalue weighted by molar-refractivity contribution is -0.118. The zero-order valence-corrected chi connectivity index (χ0v) is 11.2. The van der Waals surface area contributed by atoms with Crippen molar-refractivity contribution in [3.05, 3.63) is 11.9 Å². The Bertz CT molecular complexity index is 427. The molecule has 5 nitrogen and oxygen atoms in total. The minimum atomic E-state index is -0.421. The summed E-state index contributed by atoms with van der Waals surface area (Å²) in [5.74, 6) is -0.586. The summed E-state index contributed by atoms with van der Waals surface area (Å²) in [6.07, 6.45) is 3.15. The highest BCUT2D eigenvalue weighted by atomic mass is 32.1. The first kappa shape index (κ1) is 13.6. The quantitative estimate of drug-likeness (QED) is 0.775. The molecule has 1 aromatic heterocycles. The Hall–Kier alpha value is -1.43. The van der Waals surface area contributed by atoms with Crippen molar-refractivity contribution < 1.29 is 4.79 Å². The van der Waals surface area contributed by atoms with Gasteiger partial charge in [-0.1, -0.05) is 26.1 Å². The molecular formula is C11H18N4OS. The predicted octanol–water partition coefficient (Wildman–Crippen LogP) is 1.23. The van der Waals surface area contributed by atoms with E-state index in [9.17, 15) is 4.79 Å². The first-order valence-corrected chi connectivity index (χ1v) is 6.03. The second-order valence-electron chi connectivity index (χ2n) is 3.87. The molecule has 0 aromatic carbocycles. The van der Waals surface area contributed by atoms with Crippen LogP contribution in [0.4, 0.5) is 5.69 Å². The fourth-order valence-corrected chi connectivity index (χ4v) is 1.91. The van der Waals surface area contributed by atoms with E-state index >= 15 is 0 Å². The van der Waals surface area contributed by atoms with E-state index in [0.717, 1.165) is 17.8 Å². The Labute approximate surface area is 106 Å². The highest BCUT2D eigenvalue weighted by Gasteiger charge is 2.20. The van der Waals surface area contributed by atoms with Gasteiger partial charge in [-0.25, -0.2) is 0 Å². The van der Waals surface area contributed by atoms with Crippen LogP contribution in [0.5, 0.6) is 0 Å². The van der Waals surface area contributed by atoms with Crippen LogP contribution in [-0.4, -0.2) is 20.7 Å². The lowest BCUT2D eigenvalue weighted by Crippen LogP contribution is -2.32. The smallest absolute Gasteiger partial charge is 0.234 e. The molecule has 3 N–H and O–H groups in total. The van der Waals surface area contributed by atoms with Gasteiger partial charge in [0.25, 0.3) is 0 Å². The number of rotatable bonds is 5. The third-order valence-electron chi connectivity index (χ3n) is 2.57. The summed E-state index contributed by atoms with van der Waals surface area (Å²) < 4.78 is 1.68. The minimum absolute atomic E-state index is 0.164. The molecule has 0 saturated carbocycles. The third kappa shape index (κ3) is 3.26. The van der Waals surface area contributed by atoms with Gasteiger partial charge in [0, 0.05) is 13.2 Å². The molecular weight excluding hydrogens is 236 g/mol. The summed E-state index contributed by atoms with van der Waals surface area (Å²) in [5, 5.41) is 7.07. The minimum Gasteiger partial charge on any atom is -0.393 e. The van der Waals surface area contributed by atoms with E-state index in [1.54, 1.807) is 10.9 Å². The first-order chi connectivity index (χ1) is 7.99. The standard InChI is InChI=1S/C11H18N4OS/c1-4-7(10(12)17)11(16)13-9-6-15(3)14-8(9)5-2/h6-7H,4-5H2,1-3H3,(H2,12,17)(H,13,16). The van der Waals surface area contributed by atoms with Crippen molar-refractivity contribution in [2.75, 3.05) is 5.32 Å². The molecule has 94 valence electrons. The summed E-state index contributed by atoms with van der Waals surface area (Å²) in [6, 6.07) is 0. The highest BCUT2D eigenvalue weighted by Crippen LogP contribution is 2.16. The van der Waals surface area contributed by atoms with Crippen molar-refractivity contribution in [3.8, 4) is 0 Å². The van der Waals surface area contributed by atoms with Crippen molar-refractivity contribution in [2.45, 2.75) is 26.7 Å². The molecule has 0 aliphatic rings. The van der Waals surface area contributed by atoms with Gasteiger partial charge in [0.2, 0.25) is 5.91 Å². The largest absolute Gasteiger partial charge is 0.393 e. The predicted molar refractivity (Wildman–Crippen MR) is 71.8 cm³/mol. The van der Waals surface area contributed by atoms with Crippen LogP contribution in [0.2, 0.25) is 0 Å². The van der Waals surface area contributed by atoms with Gasteiger partial charge in [-0.05, 0) is 12.8 Å². The van der Waals surface area contributed by atoms with Crippen LogP contribution < -0.4 is 11.1 Å². The summed E-state index contributed by atoms with van der Waals surface area (Å²) in [7, 11) is 1.82. The van der Waals surface area contributed by atoms with Gasteiger partial charge in [-0.3, -0.25) is 9.48 Å². The van der Waals surface area contributed by atoms with Gasteiger partial charge in [0.05, 0.1) is 22.3 Å². The maximum atomic E-state index is 11.9. The van der Waals surface area contributed by atoms with E-state index in [1.165, 1.54) is 0 Å². The molecule has 1 aromatic rings. The third-order valence-corrected chi connectivity index (χ3v) is 2.85. The molecule has 1 heterocycles. The fraction of sp³-hybridized carbons (Fsp3) is 0.545. The number of nitrogens with zero attached hydrogens (tertiary/aromatic N) is 2. The maximum absolute atomic E-state index is 11.9. The number of amides is 1. The Balaban J connectivity index is 2.83. The number of aryl methyl sites for hydroxylation is 2. The van der Waals surface area contributed by atoms with Crippen LogP contribution in [0.3, 0.4) is 0 Å². The number of aromatic nitrogens is 2. The molecule has 0 bridgehead atoms. The molecule has 1 rings (SSSR count). The topological polar surface area (TPSA) is 72.9 Å². The average Bonchev–Trinajstić information content (AvgIpc) is 2.59. The van der Waals surface area contributed by atoms with Crippen LogP contribution in [-0.2, 0) is 18.3 Å². The molecule has 1 atom stereocenters. The molecule has 1 unspecified atom stereocenters. The van der Waals surface area contributed by atoms with Crippen molar-refractivity contribution in [3.63, 3.8) is 0 Å². The molecule has 1 amide bonds. The summed E-state index contributed by atoms with van der Waals surface area (Å²) in [6.45, 7) is 3.87. The van der Waals surface area contributed by atoms with Crippen molar-refractivity contribution in [1.82, 2.24) is 9.78 Å². The van der Waals surface area contributed by atoms with E-state index in [0.29, 0.717) is 6.42 Å². The lowest BCUT2D eigenvalue weighted by Gasteiger charge is -2.12. The zero-order chi connectivity index (χ0) is 13.0. The second kappa shape index (κ2) is 5.77. The van der Waals surface area contributed by atoms with E-state index in [2.05, 4.69) is 10.4 Å². The van der Waals surface area contributed by atoms with Gasteiger partial charge >= 0.3 is 0 Å². The molecule has 0 aliphatic carbocycles. The number of nitrogens with two attached hydrogens (primary N) is 1. The number of carbonyl (C=O) groups excluding carboxylic acids is 1. The summed E-state index contributed by atoms with van der Waals surface area (Å²) >= 11 is 4.87. The molecule has 0 fully saturated rings. The Morgan fingerprint density at radius 1 is 1.65 bits per heavy atom. The van der Waals surface area contributed by atoms with E-state index in [1.807, 2.05) is 20.9 Å². The number of thiocarbonyl (C=S) groups is 1. The van der Waals surface area contributed by atoms with Crippen LogP contribution >= 0.6 is 12.2 Å². The maximum Gasteiger partial charge on any atom is 0.234 e. The number of hydrogen-bond donors (Lipinski definition) is 2. The second-order valence-corrected chi connectivity index (χ2v) is 4.34. The molecule has 0 saturated heterocycles. The Morgan fingerprint density at radius 2 is 2.29 bits per heavy atom. The zero-order valence-electron chi connectivity index (χ0n) is 10.4. The Morgan fingerprint density at radius 3 is 2.76 bits per heavy atom. The monoisotopic (exact) mass is 254 g/mol. The van der Waals surface area contributed by atoms with Crippen LogP contribution in [0.1, 0.15) is 26.0 Å². The number of hydrogen-bond acceptors (Lipinski definition) is 3. The van der Waals surface area contributed by atoms with Crippen LogP contribution in [0, 0.1) is 5.92 Å². The van der Waals surface area contributed by atoms with E-state index < -0.39 is 5.92 Å². The van der Waals surface area contributed by atoms with Gasteiger partial charge in [-0.15, -0.1) is 0 Å². The molecule has 0 radical (unpaired) electrons. The van der Waals surface area contributed by atoms with Crippen LogP contribution in [0.25, 0.3) is 0 Å². The molecule has 0 aliphatic heterocycles. The van der Waals surface area contributed by atoms with Crippen molar-refractivity contribution in [2.24, 2.45) is 18.7 Å². The van der Waals surface area contributed by atoms with Crippen molar-refractivity contribution >= 4 is 28.8 Å². The van der Waals surface area contributed by atoms with Crippen LogP contribution in [0.15, 0.2) is 6.20 Å². The number of nitrogens with one attached hydrogen (secondary N) is 1. The van der Waals surface area contributed by atoms with Gasteiger partial charge < -0.3 is 11.1 Å².